The molecule has 1 N–H and O–H groups in total. The van der Waals surface area contributed by atoms with Crippen LogP contribution in [0, 0.1) is 11.8 Å². The zero-order valence-electron chi connectivity index (χ0n) is 13.4. The van der Waals surface area contributed by atoms with Crippen LogP contribution < -0.4 is 5.32 Å². The fourth-order valence-corrected chi connectivity index (χ4v) is 3.21. The summed E-state index contributed by atoms with van der Waals surface area (Å²) in [7, 11) is 0. The predicted octanol–water partition coefficient (Wildman–Crippen LogP) is 3.75. The lowest BCUT2D eigenvalue weighted by Gasteiger charge is -2.29. The monoisotopic (exact) mass is 309 g/mol. The summed E-state index contributed by atoms with van der Waals surface area (Å²) >= 11 is 1.53. The van der Waals surface area contributed by atoms with Crippen molar-refractivity contribution in [3.8, 4) is 0 Å². The molecule has 0 unspecified atom stereocenters. The first-order chi connectivity index (χ1) is 10.0. The van der Waals surface area contributed by atoms with Crippen LogP contribution >= 0.6 is 11.3 Å². The van der Waals surface area contributed by atoms with Crippen molar-refractivity contribution in [3.63, 3.8) is 0 Å². The highest BCUT2D eigenvalue weighted by Crippen LogP contribution is 2.21. The van der Waals surface area contributed by atoms with Gasteiger partial charge in [0.25, 0.3) is 0 Å². The minimum absolute atomic E-state index is 0.0800. The topological polar surface area (TPSA) is 45.2 Å². The third-order valence-electron chi connectivity index (χ3n) is 4.01. The largest absolute Gasteiger partial charge is 0.302 e. The maximum absolute atomic E-state index is 11.8. The van der Waals surface area contributed by atoms with Gasteiger partial charge in [0.1, 0.15) is 0 Å². The average molecular weight is 309 g/mol. The molecule has 0 aliphatic carbocycles. The van der Waals surface area contributed by atoms with Crippen LogP contribution in [0.25, 0.3) is 0 Å². The lowest BCUT2D eigenvalue weighted by molar-refractivity contribution is -0.116. The number of likely N-dealkylation sites (tertiary alicyclic amines) is 1. The molecule has 1 aromatic rings. The lowest BCUT2D eigenvalue weighted by Crippen LogP contribution is -2.32. The van der Waals surface area contributed by atoms with Gasteiger partial charge >= 0.3 is 0 Å². The second kappa shape index (κ2) is 7.90. The van der Waals surface area contributed by atoms with Crippen LogP contribution in [0.15, 0.2) is 5.38 Å². The van der Waals surface area contributed by atoms with Crippen LogP contribution in [0.3, 0.4) is 0 Å². The molecule has 5 heteroatoms. The Morgan fingerprint density at radius 2 is 2.19 bits per heavy atom. The molecule has 21 heavy (non-hydrogen) atoms. The fraction of sp³-hybridized carbons (Fsp3) is 0.750. The van der Waals surface area contributed by atoms with E-state index in [2.05, 4.69) is 41.4 Å². The first-order valence-electron chi connectivity index (χ1n) is 7.99. The highest BCUT2D eigenvalue weighted by atomic mass is 32.1. The van der Waals surface area contributed by atoms with E-state index in [1.807, 2.05) is 0 Å². The van der Waals surface area contributed by atoms with E-state index in [-0.39, 0.29) is 5.91 Å². The SMILES string of the molecule is CC(C)CCC(=O)Nc1nc(CN2CCC(C)CC2)cs1. The molecule has 0 atom stereocenters. The molecule has 0 saturated carbocycles. The molecular weight excluding hydrogens is 282 g/mol. The number of nitrogens with zero attached hydrogens (tertiary/aromatic N) is 2. The Labute approximate surface area is 132 Å². The number of nitrogens with one attached hydrogen (secondary N) is 1. The quantitative estimate of drug-likeness (QED) is 0.870. The molecule has 1 saturated heterocycles. The lowest BCUT2D eigenvalue weighted by atomic mass is 9.99. The molecule has 1 aromatic heterocycles. The summed E-state index contributed by atoms with van der Waals surface area (Å²) in [5.41, 5.74) is 1.08. The van der Waals surface area contributed by atoms with Gasteiger partial charge in [-0.05, 0) is 44.2 Å². The summed E-state index contributed by atoms with van der Waals surface area (Å²) in [5.74, 6) is 1.49. The predicted molar refractivity (Wildman–Crippen MR) is 88.5 cm³/mol. The number of carbonyl (C=O) groups excluding carboxylic acids is 1. The fourth-order valence-electron chi connectivity index (χ4n) is 2.49. The summed E-state index contributed by atoms with van der Waals surface area (Å²) in [6.07, 6.45) is 4.07. The summed E-state index contributed by atoms with van der Waals surface area (Å²) in [5, 5.41) is 5.72. The summed E-state index contributed by atoms with van der Waals surface area (Å²) in [6.45, 7) is 9.82. The normalized spacial score (nSPS) is 17.3. The van der Waals surface area contributed by atoms with E-state index >= 15 is 0 Å². The van der Waals surface area contributed by atoms with Crippen molar-refractivity contribution in [1.82, 2.24) is 9.88 Å². The van der Waals surface area contributed by atoms with Crippen LogP contribution in [0.1, 0.15) is 52.1 Å². The van der Waals surface area contributed by atoms with Crippen molar-refractivity contribution in [2.24, 2.45) is 11.8 Å². The van der Waals surface area contributed by atoms with E-state index in [0.29, 0.717) is 12.3 Å². The van der Waals surface area contributed by atoms with E-state index in [4.69, 9.17) is 0 Å². The number of anilines is 1. The highest BCUT2D eigenvalue weighted by Gasteiger charge is 2.17. The van der Waals surface area contributed by atoms with Gasteiger partial charge in [-0.2, -0.15) is 0 Å². The van der Waals surface area contributed by atoms with Crippen molar-refractivity contribution >= 4 is 22.4 Å². The summed E-state index contributed by atoms with van der Waals surface area (Å²) in [6, 6.07) is 0. The zero-order chi connectivity index (χ0) is 15.2. The van der Waals surface area contributed by atoms with Gasteiger partial charge < -0.3 is 5.32 Å². The molecule has 4 nitrogen and oxygen atoms in total. The standard InChI is InChI=1S/C16H27N3OS/c1-12(2)4-5-15(20)18-16-17-14(11-21-16)10-19-8-6-13(3)7-9-19/h11-13H,4-10H2,1-3H3,(H,17,18,20). The minimum atomic E-state index is 0.0800. The number of hydrogen-bond donors (Lipinski definition) is 1. The molecular formula is C16H27N3OS. The van der Waals surface area contributed by atoms with Gasteiger partial charge in [0.15, 0.2) is 5.13 Å². The Hall–Kier alpha value is -0.940. The molecule has 0 radical (unpaired) electrons. The molecule has 2 heterocycles. The number of rotatable bonds is 6. The first kappa shape index (κ1) is 16.4. The summed E-state index contributed by atoms with van der Waals surface area (Å²) in [4.78, 5) is 18.8. The number of piperidine rings is 1. The Balaban J connectivity index is 1.77. The van der Waals surface area contributed by atoms with Crippen LogP contribution in [-0.4, -0.2) is 28.9 Å². The van der Waals surface area contributed by atoms with Crippen molar-refractivity contribution in [3.05, 3.63) is 11.1 Å². The van der Waals surface area contributed by atoms with Crippen LogP contribution in [0.4, 0.5) is 5.13 Å². The van der Waals surface area contributed by atoms with E-state index in [9.17, 15) is 4.79 Å². The van der Waals surface area contributed by atoms with Gasteiger partial charge in [-0.1, -0.05) is 20.8 Å². The van der Waals surface area contributed by atoms with Crippen LogP contribution in [-0.2, 0) is 11.3 Å². The molecule has 118 valence electrons. The Kier molecular flexibility index (Phi) is 6.18. The molecule has 1 amide bonds. The Morgan fingerprint density at radius 3 is 2.86 bits per heavy atom. The van der Waals surface area contributed by atoms with E-state index in [1.54, 1.807) is 0 Å². The van der Waals surface area contributed by atoms with E-state index in [0.717, 1.165) is 42.8 Å². The second-order valence-electron chi connectivity index (χ2n) is 6.58. The van der Waals surface area contributed by atoms with Gasteiger partial charge in [-0.15, -0.1) is 11.3 Å². The maximum atomic E-state index is 11.8. The van der Waals surface area contributed by atoms with E-state index in [1.165, 1.54) is 24.2 Å². The number of thiazole rings is 1. The molecule has 1 aliphatic rings. The molecule has 1 fully saturated rings. The first-order valence-corrected chi connectivity index (χ1v) is 8.87. The number of carbonyl (C=O) groups is 1. The molecule has 2 rings (SSSR count). The maximum Gasteiger partial charge on any atom is 0.226 e. The van der Waals surface area contributed by atoms with Gasteiger partial charge in [0.2, 0.25) is 5.91 Å². The number of aromatic nitrogens is 1. The number of hydrogen-bond acceptors (Lipinski definition) is 4. The highest BCUT2D eigenvalue weighted by molar-refractivity contribution is 7.13. The molecule has 1 aliphatic heterocycles. The van der Waals surface area contributed by atoms with Crippen LogP contribution in [0.5, 0.6) is 0 Å². The third kappa shape index (κ3) is 5.75. The van der Waals surface area contributed by atoms with Gasteiger partial charge in [-0.25, -0.2) is 4.98 Å². The third-order valence-corrected chi connectivity index (χ3v) is 4.82. The second-order valence-corrected chi connectivity index (χ2v) is 7.44. The average Bonchev–Trinajstić information content (AvgIpc) is 2.86. The molecule has 0 aromatic carbocycles. The minimum Gasteiger partial charge on any atom is -0.302 e. The smallest absolute Gasteiger partial charge is 0.226 e. The molecule has 0 spiro atoms. The van der Waals surface area contributed by atoms with Crippen molar-refractivity contribution in [2.45, 2.75) is 53.0 Å². The Bertz CT molecular complexity index is 450. The van der Waals surface area contributed by atoms with Gasteiger partial charge in [0, 0.05) is 18.3 Å². The van der Waals surface area contributed by atoms with Gasteiger partial charge in [0.05, 0.1) is 5.69 Å². The van der Waals surface area contributed by atoms with Crippen molar-refractivity contribution in [1.29, 1.82) is 0 Å². The van der Waals surface area contributed by atoms with E-state index < -0.39 is 0 Å². The van der Waals surface area contributed by atoms with Gasteiger partial charge in [-0.3, -0.25) is 9.69 Å². The summed E-state index contributed by atoms with van der Waals surface area (Å²) < 4.78 is 0. The van der Waals surface area contributed by atoms with Crippen LogP contribution in [0.2, 0.25) is 0 Å². The van der Waals surface area contributed by atoms with Crippen molar-refractivity contribution < 1.29 is 4.79 Å². The van der Waals surface area contributed by atoms with Crippen molar-refractivity contribution in [2.75, 3.05) is 18.4 Å². The number of amides is 1. The zero-order valence-corrected chi connectivity index (χ0v) is 14.2. The Morgan fingerprint density at radius 1 is 1.48 bits per heavy atom. The molecule has 0 bridgehead atoms.